The number of rotatable bonds is 6. The summed E-state index contributed by atoms with van der Waals surface area (Å²) in [5, 5.41) is 4.25. The van der Waals surface area contributed by atoms with Crippen molar-refractivity contribution in [2.75, 3.05) is 24.5 Å². The first kappa shape index (κ1) is 16.6. The molecule has 118 valence electrons. The number of hydrogen-bond donors (Lipinski definition) is 1. The third-order valence-electron chi connectivity index (χ3n) is 4.48. The quantitative estimate of drug-likeness (QED) is 0.807. The standard InChI is InChI=1S/C18H29ClN2/c1-3-6-15-7-5-11-21(12-10-15)18-9-8-16(13-17(18)19)14-20-4-2/h8-9,13,15,20H,3-7,10-12,14H2,1-2H3. The van der Waals surface area contributed by atoms with Gasteiger partial charge in [0.05, 0.1) is 10.7 Å². The van der Waals surface area contributed by atoms with Crippen molar-refractivity contribution in [3.63, 3.8) is 0 Å². The topological polar surface area (TPSA) is 15.3 Å². The van der Waals surface area contributed by atoms with Crippen LogP contribution in [0, 0.1) is 5.92 Å². The van der Waals surface area contributed by atoms with Crippen LogP contribution in [-0.4, -0.2) is 19.6 Å². The molecule has 21 heavy (non-hydrogen) atoms. The highest BCUT2D eigenvalue weighted by molar-refractivity contribution is 6.33. The van der Waals surface area contributed by atoms with E-state index in [0.717, 1.165) is 37.1 Å². The Labute approximate surface area is 134 Å². The third kappa shape index (κ3) is 4.89. The summed E-state index contributed by atoms with van der Waals surface area (Å²) in [6, 6.07) is 6.53. The van der Waals surface area contributed by atoms with Crippen LogP contribution in [0.3, 0.4) is 0 Å². The molecule has 1 aromatic carbocycles. The number of benzene rings is 1. The highest BCUT2D eigenvalue weighted by Crippen LogP contribution is 2.31. The lowest BCUT2D eigenvalue weighted by Gasteiger charge is -2.24. The van der Waals surface area contributed by atoms with Crippen LogP contribution in [0.1, 0.15) is 51.5 Å². The molecule has 1 aliphatic rings. The Morgan fingerprint density at radius 2 is 2.10 bits per heavy atom. The number of halogens is 1. The summed E-state index contributed by atoms with van der Waals surface area (Å²) >= 11 is 6.52. The minimum absolute atomic E-state index is 0.898. The smallest absolute Gasteiger partial charge is 0.0642 e. The van der Waals surface area contributed by atoms with Gasteiger partial charge < -0.3 is 10.2 Å². The maximum atomic E-state index is 6.52. The molecule has 1 unspecified atom stereocenters. The Morgan fingerprint density at radius 3 is 2.81 bits per heavy atom. The minimum Gasteiger partial charge on any atom is -0.370 e. The van der Waals surface area contributed by atoms with Gasteiger partial charge in [-0.15, -0.1) is 0 Å². The summed E-state index contributed by atoms with van der Waals surface area (Å²) < 4.78 is 0. The van der Waals surface area contributed by atoms with Crippen LogP contribution in [0.2, 0.25) is 5.02 Å². The van der Waals surface area contributed by atoms with Gasteiger partial charge in [-0.1, -0.05) is 44.4 Å². The van der Waals surface area contributed by atoms with E-state index in [2.05, 4.69) is 42.3 Å². The zero-order valence-electron chi connectivity index (χ0n) is 13.5. The van der Waals surface area contributed by atoms with Crippen molar-refractivity contribution >= 4 is 17.3 Å². The van der Waals surface area contributed by atoms with Gasteiger partial charge in [0.2, 0.25) is 0 Å². The van der Waals surface area contributed by atoms with E-state index in [1.54, 1.807) is 0 Å². The van der Waals surface area contributed by atoms with Crippen LogP contribution in [-0.2, 0) is 6.54 Å². The Hall–Kier alpha value is -0.730. The maximum Gasteiger partial charge on any atom is 0.0642 e. The van der Waals surface area contributed by atoms with Crippen molar-refractivity contribution in [2.45, 2.75) is 52.5 Å². The first-order valence-electron chi connectivity index (χ1n) is 8.48. The van der Waals surface area contributed by atoms with Crippen molar-refractivity contribution < 1.29 is 0 Å². The summed E-state index contributed by atoms with van der Waals surface area (Å²) in [6.45, 7) is 8.60. The molecule has 0 aromatic heterocycles. The minimum atomic E-state index is 0.898. The van der Waals surface area contributed by atoms with Crippen LogP contribution < -0.4 is 10.2 Å². The number of hydrogen-bond acceptors (Lipinski definition) is 2. The van der Waals surface area contributed by atoms with E-state index in [1.165, 1.54) is 43.4 Å². The molecule has 1 aromatic rings. The van der Waals surface area contributed by atoms with Crippen molar-refractivity contribution in [2.24, 2.45) is 5.92 Å². The average molecular weight is 309 g/mol. The summed E-state index contributed by atoms with van der Waals surface area (Å²) in [5.74, 6) is 0.909. The van der Waals surface area contributed by atoms with Gasteiger partial charge in [0.15, 0.2) is 0 Å². The molecule has 1 N–H and O–H groups in total. The van der Waals surface area contributed by atoms with Crippen molar-refractivity contribution in [3.05, 3.63) is 28.8 Å². The summed E-state index contributed by atoms with van der Waals surface area (Å²) in [6.07, 6.45) is 6.66. The van der Waals surface area contributed by atoms with Crippen LogP contribution in [0.4, 0.5) is 5.69 Å². The number of nitrogens with one attached hydrogen (secondary N) is 1. The van der Waals surface area contributed by atoms with Crippen LogP contribution in [0.25, 0.3) is 0 Å². The first-order chi connectivity index (χ1) is 10.2. The zero-order chi connectivity index (χ0) is 15.1. The van der Waals surface area contributed by atoms with Gasteiger partial charge in [-0.3, -0.25) is 0 Å². The normalized spacial score (nSPS) is 19.6. The molecule has 1 saturated heterocycles. The van der Waals surface area contributed by atoms with E-state index in [-0.39, 0.29) is 0 Å². The first-order valence-corrected chi connectivity index (χ1v) is 8.86. The lowest BCUT2D eigenvalue weighted by Crippen LogP contribution is -2.24. The number of anilines is 1. The van der Waals surface area contributed by atoms with Gasteiger partial charge in [-0.05, 0) is 49.4 Å². The Bertz CT molecular complexity index is 433. The molecular weight excluding hydrogens is 280 g/mol. The molecule has 3 heteroatoms. The second-order valence-electron chi connectivity index (χ2n) is 6.14. The fourth-order valence-electron chi connectivity index (χ4n) is 3.29. The fraction of sp³-hybridized carbons (Fsp3) is 0.667. The molecule has 0 saturated carbocycles. The van der Waals surface area contributed by atoms with Gasteiger partial charge in [0, 0.05) is 19.6 Å². The predicted molar refractivity (Wildman–Crippen MR) is 93.3 cm³/mol. The van der Waals surface area contributed by atoms with E-state index in [9.17, 15) is 0 Å². The third-order valence-corrected chi connectivity index (χ3v) is 4.78. The molecule has 0 aliphatic carbocycles. The second kappa shape index (κ2) is 8.65. The van der Waals surface area contributed by atoms with Gasteiger partial charge in [0.1, 0.15) is 0 Å². The van der Waals surface area contributed by atoms with E-state index in [4.69, 9.17) is 11.6 Å². The predicted octanol–water partition coefficient (Wildman–Crippen LogP) is 4.86. The van der Waals surface area contributed by atoms with Crippen LogP contribution in [0.15, 0.2) is 18.2 Å². The SMILES string of the molecule is CCCC1CCCN(c2ccc(CNCC)cc2Cl)CC1. The Kier molecular flexibility index (Phi) is 6.85. The zero-order valence-corrected chi connectivity index (χ0v) is 14.3. The van der Waals surface area contributed by atoms with Crippen molar-refractivity contribution in [3.8, 4) is 0 Å². The van der Waals surface area contributed by atoms with Crippen LogP contribution in [0.5, 0.6) is 0 Å². The molecule has 0 radical (unpaired) electrons. The molecule has 1 heterocycles. The number of nitrogens with zero attached hydrogens (tertiary/aromatic N) is 1. The Balaban J connectivity index is 2.00. The highest BCUT2D eigenvalue weighted by atomic mass is 35.5. The Morgan fingerprint density at radius 1 is 1.24 bits per heavy atom. The highest BCUT2D eigenvalue weighted by Gasteiger charge is 2.18. The van der Waals surface area contributed by atoms with Gasteiger partial charge in [-0.2, -0.15) is 0 Å². The second-order valence-corrected chi connectivity index (χ2v) is 6.55. The van der Waals surface area contributed by atoms with Crippen molar-refractivity contribution in [1.82, 2.24) is 5.32 Å². The molecule has 2 rings (SSSR count). The molecule has 0 amide bonds. The average Bonchev–Trinajstić information content (AvgIpc) is 2.71. The molecular formula is C18H29ClN2. The molecule has 0 spiro atoms. The molecule has 1 atom stereocenters. The molecule has 1 fully saturated rings. The summed E-state index contributed by atoms with van der Waals surface area (Å²) in [7, 11) is 0. The van der Waals surface area contributed by atoms with Crippen LogP contribution >= 0.6 is 11.6 Å². The van der Waals surface area contributed by atoms with E-state index in [1.807, 2.05) is 0 Å². The lowest BCUT2D eigenvalue weighted by atomic mass is 9.96. The summed E-state index contributed by atoms with van der Waals surface area (Å²) in [5.41, 5.74) is 2.48. The van der Waals surface area contributed by atoms with Gasteiger partial charge >= 0.3 is 0 Å². The monoisotopic (exact) mass is 308 g/mol. The van der Waals surface area contributed by atoms with Crippen molar-refractivity contribution in [1.29, 1.82) is 0 Å². The maximum absolute atomic E-state index is 6.52. The molecule has 2 nitrogen and oxygen atoms in total. The van der Waals surface area contributed by atoms with E-state index >= 15 is 0 Å². The van der Waals surface area contributed by atoms with E-state index < -0.39 is 0 Å². The summed E-state index contributed by atoms with van der Waals surface area (Å²) in [4.78, 5) is 2.48. The van der Waals surface area contributed by atoms with Gasteiger partial charge in [-0.25, -0.2) is 0 Å². The lowest BCUT2D eigenvalue weighted by molar-refractivity contribution is 0.435. The molecule has 0 bridgehead atoms. The van der Waals surface area contributed by atoms with E-state index in [0.29, 0.717) is 0 Å². The molecule has 1 aliphatic heterocycles. The fourth-order valence-corrected chi connectivity index (χ4v) is 3.61. The van der Waals surface area contributed by atoms with Gasteiger partial charge in [0.25, 0.3) is 0 Å². The largest absolute Gasteiger partial charge is 0.370 e.